The van der Waals surface area contributed by atoms with Gasteiger partial charge >= 0.3 is 5.97 Å². The summed E-state index contributed by atoms with van der Waals surface area (Å²) in [6.07, 6.45) is 6.23. The van der Waals surface area contributed by atoms with Gasteiger partial charge in [0.1, 0.15) is 5.54 Å². The molecule has 1 fully saturated rings. The monoisotopic (exact) mass is 313 g/mol. The SMILES string of the molecule is O=C(NC1(C(=O)O)CCCC1)c1ccc(Cn2cccn2)cc1. The standard InChI is InChI=1S/C17H19N3O3/c21-15(19-17(16(22)23)8-1-2-9-17)14-6-4-13(5-7-14)12-20-11-3-10-18-20/h3-7,10-11H,1-2,8-9,12H2,(H,19,21)(H,22,23). The van der Waals surface area contributed by atoms with E-state index in [0.717, 1.165) is 18.4 Å². The van der Waals surface area contributed by atoms with Crippen LogP contribution in [-0.4, -0.2) is 32.3 Å². The van der Waals surface area contributed by atoms with Crippen molar-refractivity contribution in [2.45, 2.75) is 37.8 Å². The van der Waals surface area contributed by atoms with Gasteiger partial charge in [0.2, 0.25) is 0 Å². The molecule has 0 radical (unpaired) electrons. The van der Waals surface area contributed by atoms with Crippen LogP contribution in [0.15, 0.2) is 42.7 Å². The van der Waals surface area contributed by atoms with Gasteiger partial charge in [-0.1, -0.05) is 25.0 Å². The number of rotatable bonds is 5. The van der Waals surface area contributed by atoms with E-state index in [9.17, 15) is 14.7 Å². The van der Waals surface area contributed by atoms with Crippen molar-refractivity contribution in [2.75, 3.05) is 0 Å². The van der Waals surface area contributed by atoms with E-state index in [0.29, 0.717) is 24.9 Å². The predicted octanol–water partition coefficient (Wildman–Crippen LogP) is 2.06. The van der Waals surface area contributed by atoms with Crippen LogP contribution in [0.2, 0.25) is 0 Å². The molecule has 6 heteroatoms. The van der Waals surface area contributed by atoms with Crippen molar-refractivity contribution in [3.63, 3.8) is 0 Å². The smallest absolute Gasteiger partial charge is 0.329 e. The number of carboxylic acids is 1. The largest absolute Gasteiger partial charge is 0.480 e. The number of aromatic nitrogens is 2. The Morgan fingerprint density at radius 3 is 2.48 bits per heavy atom. The Bertz CT molecular complexity index is 686. The zero-order valence-electron chi connectivity index (χ0n) is 12.7. The second-order valence-electron chi connectivity index (χ2n) is 5.95. The van der Waals surface area contributed by atoms with Gasteiger partial charge in [0.15, 0.2) is 0 Å². The summed E-state index contributed by atoms with van der Waals surface area (Å²) in [5.41, 5.74) is 0.394. The molecule has 0 bridgehead atoms. The van der Waals surface area contributed by atoms with Crippen molar-refractivity contribution in [2.24, 2.45) is 0 Å². The number of hydrogen-bond acceptors (Lipinski definition) is 3. The summed E-state index contributed by atoms with van der Waals surface area (Å²) in [6.45, 7) is 0.633. The van der Waals surface area contributed by atoms with E-state index in [2.05, 4.69) is 10.4 Å². The molecule has 120 valence electrons. The average molecular weight is 313 g/mol. The number of nitrogens with one attached hydrogen (secondary N) is 1. The van der Waals surface area contributed by atoms with Gasteiger partial charge in [-0.2, -0.15) is 5.10 Å². The predicted molar refractivity (Wildman–Crippen MR) is 84.1 cm³/mol. The fourth-order valence-corrected chi connectivity index (χ4v) is 3.00. The molecule has 6 nitrogen and oxygen atoms in total. The van der Waals surface area contributed by atoms with Crippen molar-refractivity contribution >= 4 is 11.9 Å². The van der Waals surface area contributed by atoms with Crippen molar-refractivity contribution in [1.82, 2.24) is 15.1 Å². The number of carboxylic acid groups (broad SMARTS) is 1. The Hall–Kier alpha value is -2.63. The van der Waals surface area contributed by atoms with Gasteiger partial charge < -0.3 is 10.4 Å². The summed E-state index contributed by atoms with van der Waals surface area (Å²) in [4.78, 5) is 23.8. The second kappa shape index (κ2) is 6.24. The van der Waals surface area contributed by atoms with E-state index in [1.54, 1.807) is 23.0 Å². The van der Waals surface area contributed by atoms with Gasteiger partial charge in [-0.3, -0.25) is 9.48 Å². The van der Waals surface area contributed by atoms with Crippen LogP contribution < -0.4 is 5.32 Å². The minimum atomic E-state index is -1.11. The highest BCUT2D eigenvalue weighted by Crippen LogP contribution is 2.30. The van der Waals surface area contributed by atoms with Gasteiger partial charge in [-0.15, -0.1) is 0 Å². The number of carbonyl (C=O) groups is 2. The van der Waals surface area contributed by atoms with Crippen molar-refractivity contribution in [1.29, 1.82) is 0 Å². The van der Waals surface area contributed by atoms with Crippen molar-refractivity contribution < 1.29 is 14.7 Å². The fraction of sp³-hybridized carbons (Fsp3) is 0.353. The van der Waals surface area contributed by atoms with Crippen LogP contribution in [0.3, 0.4) is 0 Å². The van der Waals surface area contributed by atoms with Gasteiger partial charge in [0.05, 0.1) is 6.54 Å². The number of carbonyl (C=O) groups excluding carboxylic acids is 1. The lowest BCUT2D eigenvalue weighted by Gasteiger charge is -2.25. The van der Waals surface area contributed by atoms with Crippen LogP contribution >= 0.6 is 0 Å². The Labute approximate surface area is 134 Å². The summed E-state index contributed by atoms with van der Waals surface area (Å²) < 4.78 is 1.80. The summed E-state index contributed by atoms with van der Waals surface area (Å²) >= 11 is 0. The number of aliphatic carboxylic acids is 1. The molecule has 1 saturated carbocycles. The van der Waals surface area contributed by atoms with Crippen LogP contribution in [-0.2, 0) is 11.3 Å². The maximum absolute atomic E-state index is 12.3. The first kappa shape index (κ1) is 15.3. The van der Waals surface area contributed by atoms with E-state index in [1.807, 2.05) is 24.4 Å². The van der Waals surface area contributed by atoms with Crippen LogP contribution in [0, 0.1) is 0 Å². The van der Waals surface area contributed by atoms with E-state index < -0.39 is 11.5 Å². The van der Waals surface area contributed by atoms with Crippen LogP contribution in [0.25, 0.3) is 0 Å². The third-order valence-electron chi connectivity index (χ3n) is 4.34. The third-order valence-corrected chi connectivity index (χ3v) is 4.34. The maximum Gasteiger partial charge on any atom is 0.329 e. The van der Waals surface area contributed by atoms with Gasteiger partial charge in [-0.05, 0) is 36.6 Å². The fourth-order valence-electron chi connectivity index (χ4n) is 3.00. The first-order chi connectivity index (χ1) is 11.1. The lowest BCUT2D eigenvalue weighted by Crippen LogP contribution is -2.52. The molecule has 23 heavy (non-hydrogen) atoms. The van der Waals surface area contributed by atoms with Crippen LogP contribution in [0.4, 0.5) is 0 Å². The Balaban J connectivity index is 1.69. The van der Waals surface area contributed by atoms with E-state index in [1.165, 1.54) is 0 Å². The molecule has 0 atom stereocenters. The molecule has 1 aromatic carbocycles. The van der Waals surface area contributed by atoms with Crippen molar-refractivity contribution in [3.05, 3.63) is 53.9 Å². The number of benzene rings is 1. The second-order valence-corrected chi connectivity index (χ2v) is 5.95. The summed E-state index contributed by atoms with van der Waals surface area (Å²) in [5.74, 6) is -1.28. The third kappa shape index (κ3) is 3.26. The molecule has 0 aliphatic heterocycles. The minimum Gasteiger partial charge on any atom is -0.480 e. The number of nitrogens with zero attached hydrogens (tertiary/aromatic N) is 2. The Kier molecular flexibility index (Phi) is 4.14. The van der Waals surface area contributed by atoms with Crippen LogP contribution in [0.1, 0.15) is 41.6 Å². The molecule has 1 aromatic heterocycles. The zero-order valence-corrected chi connectivity index (χ0v) is 12.7. The first-order valence-corrected chi connectivity index (χ1v) is 7.71. The lowest BCUT2D eigenvalue weighted by molar-refractivity contribution is -0.144. The van der Waals surface area contributed by atoms with Crippen LogP contribution in [0.5, 0.6) is 0 Å². The lowest BCUT2D eigenvalue weighted by atomic mass is 9.97. The molecule has 2 N–H and O–H groups in total. The van der Waals surface area contributed by atoms with Gasteiger partial charge in [-0.25, -0.2) is 4.79 Å². The molecule has 1 heterocycles. The average Bonchev–Trinajstić information content (AvgIpc) is 3.20. The molecular formula is C17H19N3O3. The Morgan fingerprint density at radius 1 is 1.22 bits per heavy atom. The summed E-state index contributed by atoms with van der Waals surface area (Å²) in [6, 6.07) is 9.02. The number of amides is 1. The molecular weight excluding hydrogens is 294 g/mol. The number of hydrogen-bond donors (Lipinski definition) is 2. The molecule has 0 spiro atoms. The highest BCUT2D eigenvalue weighted by Gasteiger charge is 2.42. The summed E-state index contributed by atoms with van der Waals surface area (Å²) in [7, 11) is 0. The molecule has 1 aliphatic rings. The molecule has 2 aromatic rings. The minimum absolute atomic E-state index is 0.333. The van der Waals surface area contributed by atoms with Gasteiger partial charge in [0, 0.05) is 18.0 Å². The van der Waals surface area contributed by atoms with E-state index >= 15 is 0 Å². The molecule has 0 unspecified atom stereocenters. The molecule has 0 saturated heterocycles. The highest BCUT2D eigenvalue weighted by molar-refractivity contribution is 5.98. The van der Waals surface area contributed by atoms with Crippen molar-refractivity contribution in [3.8, 4) is 0 Å². The quantitative estimate of drug-likeness (QED) is 0.885. The summed E-state index contributed by atoms with van der Waals surface area (Å²) in [5, 5.41) is 16.3. The Morgan fingerprint density at radius 2 is 1.91 bits per heavy atom. The molecule has 1 aliphatic carbocycles. The molecule has 3 rings (SSSR count). The zero-order chi connectivity index (χ0) is 16.3. The molecule has 1 amide bonds. The highest BCUT2D eigenvalue weighted by atomic mass is 16.4. The first-order valence-electron chi connectivity index (χ1n) is 7.71. The topological polar surface area (TPSA) is 84.2 Å². The van der Waals surface area contributed by atoms with E-state index in [-0.39, 0.29) is 5.91 Å². The normalized spacial score (nSPS) is 16.2. The maximum atomic E-state index is 12.3. The van der Waals surface area contributed by atoms with Gasteiger partial charge in [0.25, 0.3) is 5.91 Å². The van der Waals surface area contributed by atoms with E-state index in [4.69, 9.17) is 0 Å².